The summed E-state index contributed by atoms with van der Waals surface area (Å²) >= 11 is 0. The Morgan fingerprint density at radius 2 is 2.00 bits per heavy atom. The summed E-state index contributed by atoms with van der Waals surface area (Å²) in [5.41, 5.74) is 6.22. The number of hydrogen-bond acceptors (Lipinski definition) is 5. The predicted molar refractivity (Wildman–Crippen MR) is 92.7 cm³/mol. The molecule has 7 nitrogen and oxygen atoms in total. The van der Waals surface area contributed by atoms with Crippen LogP contribution < -0.4 is 11.1 Å². The first-order valence-corrected chi connectivity index (χ1v) is 9.95. The zero-order valence-electron chi connectivity index (χ0n) is 13.9. The van der Waals surface area contributed by atoms with Gasteiger partial charge >= 0.3 is 0 Å². The smallest absolute Gasteiger partial charge is 0.234 e. The van der Waals surface area contributed by atoms with Crippen LogP contribution in [-0.2, 0) is 20.5 Å². The van der Waals surface area contributed by atoms with Gasteiger partial charge in [-0.15, -0.1) is 0 Å². The van der Waals surface area contributed by atoms with Gasteiger partial charge in [0.15, 0.2) is 6.29 Å². The van der Waals surface area contributed by atoms with E-state index in [1.165, 1.54) is 0 Å². The molecule has 1 aromatic rings. The number of nitrogens with one attached hydrogen (secondary N) is 1. The summed E-state index contributed by atoms with van der Waals surface area (Å²) in [4.78, 5) is 22.0. The molecule has 3 unspecified atom stereocenters. The lowest BCUT2D eigenvalue weighted by Gasteiger charge is -2.25. The first kappa shape index (κ1) is 20.8. The average molecular weight is 358 g/mol. The van der Waals surface area contributed by atoms with Crippen LogP contribution in [0.2, 0.25) is 0 Å². The Bertz CT molecular complexity index is 541. The molecule has 136 valence electrons. The molecule has 1 amide bonds. The van der Waals surface area contributed by atoms with E-state index in [1.807, 2.05) is 30.3 Å². The molecule has 8 heteroatoms. The Morgan fingerprint density at radius 1 is 1.33 bits per heavy atom. The van der Waals surface area contributed by atoms with Gasteiger partial charge in [0.25, 0.3) is 0 Å². The number of carbonyl (C=O) groups is 1. The Hall–Kier alpha value is -1.24. The molecule has 0 heterocycles. The van der Waals surface area contributed by atoms with Crippen LogP contribution in [0.4, 0.5) is 0 Å². The highest BCUT2D eigenvalue weighted by atomic mass is 31.2. The quantitative estimate of drug-likeness (QED) is 0.346. The molecule has 0 radical (unpaired) electrons. The third kappa shape index (κ3) is 7.55. The van der Waals surface area contributed by atoms with Gasteiger partial charge in [-0.05, 0) is 25.3 Å². The number of benzene rings is 1. The highest BCUT2D eigenvalue weighted by Gasteiger charge is 2.32. The van der Waals surface area contributed by atoms with Crippen LogP contribution in [0.1, 0.15) is 25.3 Å². The normalized spacial score (nSPS) is 16.2. The van der Waals surface area contributed by atoms with Crippen LogP contribution in [0.15, 0.2) is 30.3 Å². The average Bonchev–Trinajstić information content (AvgIpc) is 2.57. The maximum atomic E-state index is 12.7. The summed E-state index contributed by atoms with van der Waals surface area (Å²) in [7, 11) is -3.66. The van der Waals surface area contributed by atoms with E-state index in [-0.39, 0.29) is 25.5 Å². The van der Waals surface area contributed by atoms with Crippen molar-refractivity contribution >= 4 is 13.3 Å². The van der Waals surface area contributed by atoms with Crippen LogP contribution >= 0.6 is 7.37 Å². The highest BCUT2D eigenvalue weighted by molar-refractivity contribution is 7.58. The number of carbonyl (C=O) groups excluding carboxylic acids is 1. The molecule has 0 aliphatic carbocycles. The second kappa shape index (κ2) is 10.6. The minimum atomic E-state index is -3.66. The highest BCUT2D eigenvalue weighted by Crippen LogP contribution is 2.47. The number of aryl methyl sites for hydroxylation is 1. The summed E-state index contributed by atoms with van der Waals surface area (Å²) in [6.45, 7) is 1.82. The molecule has 0 bridgehead atoms. The number of rotatable bonds is 11. The summed E-state index contributed by atoms with van der Waals surface area (Å²) < 4.78 is 17.7. The molecule has 0 saturated heterocycles. The molecule has 0 spiro atoms. The Morgan fingerprint density at radius 3 is 2.58 bits per heavy atom. The van der Waals surface area contributed by atoms with Crippen LogP contribution in [0.5, 0.6) is 0 Å². The molecule has 1 rings (SSSR count). The monoisotopic (exact) mass is 358 g/mol. The van der Waals surface area contributed by atoms with Gasteiger partial charge in [-0.2, -0.15) is 0 Å². The number of aliphatic hydroxyl groups is 1. The van der Waals surface area contributed by atoms with Gasteiger partial charge in [0, 0.05) is 19.2 Å². The fourth-order valence-electron chi connectivity index (χ4n) is 2.29. The van der Waals surface area contributed by atoms with Crippen molar-refractivity contribution in [2.45, 2.75) is 38.3 Å². The lowest BCUT2D eigenvalue weighted by molar-refractivity contribution is -0.120. The second-order valence-electron chi connectivity index (χ2n) is 5.49. The second-order valence-corrected chi connectivity index (χ2v) is 8.07. The van der Waals surface area contributed by atoms with Crippen molar-refractivity contribution in [3.63, 3.8) is 0 Å². The summed E-state index contributed by atoms with van der Waals surface area (Å²) in [5.74, 6) is -1.45. The van der Waals surface area contributed by atoms with E-state index in [1.54, 1.807) is 6.92 Å². The molecule has 0 aromatic heterocycles. The van der Waals surface area contributed by atoms with Crippen LogP contribution in [0.25, 0.3) is 0 Å². The van der Waals surface area contributed by atoms with E-state index in [0.29, 0.717) is 13.0 Å². The minimum Gasteiger partial charge on any atom is -0.368 e. The van der Waals surface area contributed by atoms with Crippen molar-refractivity contribution in [2.75, 3.05) is 19.3 Å². The van der Waals surface area contributed by atoms with Crippen molar-refractivity contribution in [2.24, 2.45) is 5.73 Å². The molecular weight excluding hydrogens is 331 g/mol. The lowest BCUT2D eigenvalue weighted by atomic mass is 10.2. The van der Waals surface area contributed by atoms with Crippen molar-refractivity contribution in [3.05, 3.63) is 35.9 Å². The number of aliphatic hydroxyl groups excluding tert-OH is 1. The maximum Gasteiger partial charge on any atom is 0.234 e. The lowest BCUT2D eigenvalue weighted by Crippen LogP contribution is -2.39. The fourth-order valence-corrected chi connectivity index (χ4v) is 4.07. The van der Waals surface area contributed by atoms with Gasteiger partial charge in [-0.3, -0.25) is 9.36 Å². The van der Waals surface area contributed by atoms with E-state index in [2.05, 4.69) is 5.32 Å². The number of hydrogen-bond donors (Lipinski definition) is 4. The van der Waals surface area contributed by atoms with E-state index >= 15 is 0 Å². The van der Waals surface area contributed by atoms with E-state index in [4.69, 9.17) is 10.5 Å². The standard InChI is InChI=1S/C16H27N2O5P/c1-2-23-16(20)9-8-15(18-14(19)12-17)24(21,22)11-10-13-6-4-3-5-7-13/h3-7,15-16,20H,2,8-12,17H2,1H3,(H,18,19)(H,21,22). The first-order valence-electron chi connectivity index (χ1n) is 8.03. The van der Waals surface area contributed by atoms with E-state index in [0.717, 1.165) is 5.56 Å². The van der Waals surface area contributed by atoms with Gasteiger partial charge in [-0.25, -0.2) is 0 Å². The van der Waals surface area contributed by atoms with Crippen LogP contribution in [-0.4, -0.2) is 47.3 Å². The topological polar surface area (TPSA) is 122 Å². The Labute approximate surface area is 142 Å². The summed E-state index contributed by atoms with van der Waals surface area (Å²) in [6, 6.07) is 9.37. The van der Waals surface area contributed by atoms with Crippen molar-refractivity contribution in [1.82, 2.24) is 5.32 Å². The molecule has 5 N–H and O–H groups in total. The maximum absolute atomic E-state index is 12.7. The van der Waals surface area contributed by atoms with E-state index in [9.17, 15) is 19.4 Å². The molecule has 24 heavy (non-hydrogen) atoms. The number of ether oxygens (including phenoxy) is 1. The number of amides is 1. The predicted octanol–water partition coefficient (Wildman–Crippen LogP) is 1.04. The molecule has 0 aliphatic rings. The third-order valence-corrected chi connectivity index (χ3v) is 5.84. The van der Waals surface area contributed by atoms with Crippen molar-refractivity contribution in [3.8, 4) is 0 Å². The number of nitrogens with two attached hydrogens (primary N) is 1. The van der Waals surface area contributed by atoms with Gasteiger partial charge in [0.05, 0.1) is 6.54 Å². The van der Waals surface area contributed by atoms with Gasteiger partial charge < -0.3 is 25.8 Å². The molecule has 0 fully saturated rings. The SMILES string of the molecule is CCOC(O)CCC(NC(=O)CN)P(=O)(O)CCc1ccccc1. The van der Waals surface area contributed by atoms with Crippen LogP contribution in [0, 0.1) is 0 Å². The van der Waals surface area contributed by atoms with Crippen molar-refractivity contribution in [1.29, 1.82) is 0 Å². The third-order valence-electron chi connectivity index (χ3n) is 3.61. The summed E-state index contributed by atoms with van der Waals surface area (Å²) in [5, 5.41) is 12.1. The van der Waals surface area contributed by atoms with Crippen molar-refractivity contribution < 1.29 is 24.1 Å². The zero-order chi connectivity index (χ0) is 18.0. The zero-order valence-corrected chi connectivity index (χ0v) is 14.8. The first-order chi connectivity index (χ1) is 11.4. The fraction of sp³-hybridized carbons (Fsp3) is 0.562. The Balaban J connectivity index is 2.70. The van der Waals surface area contributed by atoms with E-state index < -0.39 is 25.3 Å². The molecule has 3 atom stereocenters. The van der Waals surface area contributed by atoms with Gasteiger partial charge in [0.2, 0.25) is 13.3 Å². The minimum absolute atomic E-state index is 0.0389. The molecule has 1 aromatic carbocycles. The van der Waals surface area contributed by atoms with Gasteiger partial charge in [-0.1, -0.05) is 30.3 Å². The molecule has 0 saturated carbocycles. The molecule has 0 aliphatic heterocycles. The summed E-state index contributed by atoms with van der Waals surface area (Å²) in [6.07, 6.45) is -0.273. The van der Waals surface area contributed by atoms with Gasteiger partial charge in [0.1, 0.15) is 5.78 Å². The Kier molecular flexibility index (Phi) is 9.18. The molecular formula is C16H27N2O5P. The van der Waals surface area contributed by atoms with Crippen LogP contribution in [0.3, 0.4) is 0 Å². The largest absolute Gasteiger partial charge is 0.368 e.